The van der Waals surface area contributed by atoms with Gasteiger partial charge in [0.25, 0.3) is 0 Å². The minimum atomic E-state index is -1.06. The van der Waals surface area contributed by atoms with Crippen LogP contribution in [0.2, 0.25) is 0 Å². The molecule has 0 aliphatic carbocycles. The molecule has 1 fully saturated rings. The number of carbonyl (C=O) groups excluding carboxylic acids is 2. The maximum absolute atomic E-state index is 12.0. The predicted octanol–water partition coefficient (Wildman–Crippen LogP) is 0.750. The van der Waals surface area contributed by atoms with E-state index in [-0.39, 0.29) is 18.4 Å². The van der Waals surface area contributed by atoms with E-state index >= 15 is 0 Å². The lowest BCUT2D eigenvalue weighted by Crippen LogP contribution is -2.51. The van der Waals surface area contributed by atoms with Gasteiger partial charge < -0.3 is 20.2 Å². The van der Waals surface area contributed by atoms with Crippen LogP contribution >= 0.6 is 0 Å². The molecular formula is C14H25N3O4. The zero-order chi connectivity index (χ0) is 16.0. The van der Waals surface area contributed by atoms with Crippen LogP contribution in [-0.2, 0) is 9.59 Å². The number of carboxylic acid groups (broad SMARTS) is 1. The van der Waals surface area contributed by atoms with Gasteiger partial charge in [0, 0.05) is 20.1 Å². The highest BCUT2D eigenvalue weighted by Crippen LogP contribution is 2.10. The molecule has 1 saturated heterocycles. The quantitative estimate of drug-likeness (QED) is 0.757. The molecule has 2 atom stereocenters. The van der Waals surface area contributed by atoms with Crippen LogP contribution in [0.1, 0.15) is 33.1 Å². The average Bonchev–Trinajstić information content (AvgIpc) is 2.97. The summed E-state index contributed by atoms with van der Waals surface area (Å²) in [5.74, 6) is -1.33. The second-order valence-electron chi connectivity index (χ2n) is 5.59. The Morgan fingerprint density at radius 3 is 2.33 bits per heavy atom. The van der Waals surface area contributed by atoms with Crippen molar-refractivity contribution in [3.8, 4) is 0 Å². The van der Waals surface area contributed by atoms with Gasteiger partial charge in [0.2, 0.25) is 5.91 Å². The van der Waals surface area contributed by atoms with Gasteiger partial charge in [0.15, 0.2) is 0 Å². The number of aliphatic carboxylic acids is 1. The van der Waals surface area contributed by atoms with E-state index in [0.29, 0.717) is 6.42 Å². The Bertz CT molecular complexity index is 394. The van der Waals surface area contributed by atoms with E-state index in [1.54, 1.807) is 11.8 Å². The van der Waals surface area contributed by atoms with Crippen molar-refractivity contribution < 1.29 is 19.5 Å². The number of amides is 3. The van der Waals surface area contributed by atoms with Crippen LogP contribution in [0.4, 0.5) is 4.79 Å². The van der Waals surface area contributed by atoms with Gasteiger partial charge in [-0.15, -0.1) is 0 Å². The number of carbonyl (C=O) groups is 3. The van der Waals surface area contributed by atoms with E-state index in [9.17, 15) is 14.4 Å². The summed E-state index contributed by atoms with van der Waals surface area (Å²) < 4.78 is 0. The first kappa shape index (κ1) is 17.3. The maximum Gasteiger partial charge on any atom is 0.326 e. The lowest BCUT2D eigenvalue weighted by atomic mass is 9.99. The third-order valence-corrected chi connectivity index (χ3v) is 3.94. The number of hydrogen-bond acceptors (Lipinski definition) is 3. The highest BCUT2D eigenvalue weighted by atomic mass is 16.4. The molecule has 0 unspecified atom stereocenters. The first-order valence-electron chi connectivity index (χ1n) is 7.39. The van der Waals surface area contributed by atoms with Gasteiger partial charge in [0.1, 0.15) is 12.6 Å². The van der Waals surface area contributed by atoms with Gasteiger partial charge in [-0.1, -0.05) is 20.3 Å². The second-order valence-corrected chi connectivity index (χ2v) is 5.59. The van der Waals surface area contributed by atoms with Gasteiger partial charge in [-0.05, 0) is 18.8 Å². The highest BCUT2D eigenvalue weighted by Gasteiger charge is 2.27. The van der Waals surface area contributed by atoms with Gasteiger partial charge in [0.05, 0.1) is 0 Å². The zero-order valence-electron chi connectivity index (χ0n) is 13.0. The average molecular weight is 299 g/mol. The number of carboxylic acids is 1. The molecule has 0 aromatic carbocycles. The van der Waals surface area contributed by atoms with E-state index in [0.717, 1.165) is 25.9 Å². The molecule has 7 heteroatoms. The normalized spacial score (nSPS) is 17.2. The molecule has 21 heavy (non-hydrogen) atoms. The summed E-state index contributed by atoms with van der Waals surface area (Å²) in [7, 11) is 1.50. The fraction of sp³-hybridized carbons (Fsp3) is 0.786. The summed E-state index contributed by atoms with van der Waals surface area (Å²) in [6.07, 6.45) is 2.64. The Hall–Kier alpha value is -1.79. The van der Waals surface area contributed by atoms with E-state index in [4.69, 9.17) is 5.11 Å². The first-order chi connectivity index (χ1) is 9.86. The molecule has 120 valence electrons. The molecule has 0 saturated carbocycles. The largest absolute Gasteiger partial charge is 0.480 e. The molecule has 2 N–H and O–H groups in total. The topological polar surface area (TPSA) is 90.0 Å². The van der Waals surface area contributed by atoms with Crippen molar-refractivity contribution in [2.24, 2.45) is 5.92 Å². The smallest absolute Gasteiger partial charge is 0.326 e. The minimum Gasteiger partial charge on any atom is -0.480 e. The molecule has 0 bridgehead atoms. The van der Waals surface area contributed by atoms with Crippen molar-refractivity contribution in [2.75, 3.05) is 26.7 Å². The molecule has 1 heterocycles. The fourth-order valence-corrected chi connectivity index (χ4v) is 2.27. The number of nitrogens with zero attached hydrogens (tertiary/aromatic N) is 2. The van der Waals surface area contributed by atoms with Crippen molar-refractivity contribution in [1.29, 1.82) is 0 Å². The van der Waals surface area contributed by atoms with Gasteiger partial charge >= 0.3 is 12.0 Å². The molecule has 1 aliphatic rings. The molecular weight excluding hydrogens is 274 g/mol. The van der Waals surface area contributed by atoms with Crippen LogP contribution in [0, 0.1) is 5.92 Å². The van der Waals surface area contributed by atoms with Crippen molar-refractivity contribution in [3.05, 3.63) is 0 Å². The number of hydrogen-bond donors (Lipinski definition) is 2. The summed E-state index contributed by atoms with van der Waals surface area (Å²) in [5, 5.41) is 11.6. The number of urea groups is 1. The lowest BCUT2D eigenvalue weighted by molar-refractivity contribution is -0.140. The Morgan fingerprint density at radius 2 is 1.86 bits per heavy atom. The summed E-state index contributed by atoms with van der Waals surface area (Å²) in [6, 6.07) is -1.47. The number of likely N-dealkylation sites (tertiary alicyclic amines) is 1. The molecule has 1 rings (SSSR count). The Balaban J connectivity index is 2.52. The van der Waals surface area contributed by atoms with Crippen molar-refractivity contribution in [3.63, 3.8) is 0 Å². The fourth-order valence-electron chi connectivity index (χ4n) is 2.27. The summed E-state index contributed by atoms with van der Waals surface area (Å²) >= 11 is 0. The molecule has 0 aromatic heterocycles. The SMILES string of the molecule is CC[C@H](C)[C@H](NC(=O)N(C)CC(=O)N1CCCC1)C(=O)O. The van der Waals surface area contributed by atoms with Crippen LogP contribution < -0.4 is 5.32 Å². The molecule has 0 radical (unpaired) electrons. The summed E-state index contributed by atoms with van der Waals surface area (Å²) in [4.78, 5) is 38.1. The molecule has 3 amide bonds. The lowest BCUT2D eigenvalue weighted by Gasteiger charge is -2.25. The summed E-state index contributed by atoms with van der Waals surface area (Å²) in [6.45, 7) is 5.08. The number of rotatable bonds is 6. The van der Waals surface area contributed by atoms with E-state index in [1.807, 2.05) is 6.92 Å². The number of likely N-dealkylation sites (N-methyl/N-ethyl adjacent to an activating group) is 1. The van der Waals surface area contributed by atoms with Crippen molar-refractivity contribution >= 4 is 17.9 Å². The van der Waals surface area contributed by atoms with Crippen molar-refractivity contribution in [1.82, 2.24) is 15.1 Å². The van der Waals surface area contributed by atoms with E-state index < -0.39 is 18.0 Å². The van der Waals surface area contributed by atoms with Gasteiger partial charge in [-0.3, -0.25) is 4.79 Å². The van der Waals surface area contributed by atoms with Crippen LogP contribution in [0.3, 0.4) is 0 Å². The minimum absolute atomic E-state index is 0.0291. The van der Waals surface area contributed by atoms with Gasteiger partial charge in [-0.25, -0.2) is 9.59 Å². The zero-order valence-corrected chi connectivity index (χ0v) is 13.0. The molecule has 0 spiro atoms. The van der Waals surface area contributed by atoms with E-state index in [2.05, 4.69) is 5.32 Å². The van der Waals surface area contributed by atoms with E-state index in [1.165, 1.54) is 11.9 Å². The Morgan fingerprint density at radius 1 is 1.29 bits per heavy atom. The highest BCUT2D eigenvalue weighted by molar-refractivity contribution is 5.86. The Kier molecular flexibility index (Phi) is 6.45. The maximum atomic E-state index is 12.0. The monoisotopic (exact) mass is 299 g/mol. The van der Waals surface area contributed by atoms with Crippen molar-refractivity contribution in [2.45, 2.75) is 39.2 Å². The first-order valence-corrected chi connectivity index (χ1v) is 7.39. The van der Waals surface area contributed by atoms with Crippen LogP contribution in [-0.4, -0.2) is 65.5 Å². The van der Waals surface area contributed by atoms with Gasteiger partial charge in [-0.2, -0.15) is 0 Å². The number of nitrogens with one attached hydrogen (secondary N) is 1. The molecule has 1 aliphatic heterocycles. The second kappa shape index (κ2) is 7.85. The third-order valence-electron chi connectivity index (χ3n) is 3.94. The summed E-state index contributed by atoms with van der Waals surface area (Å²) in [5.41, 5.74) is 0. The third kappa shape index (κ3) is 4.91. The standard InChI is InChI=1S/C14H25N3O4/c1-4-10(2)12(13(19)20)15-14(21)16(3)9-11(18)17-7-5-6-8-17/h10,12H,4-9H2,1-3H3,(H,15,21)(H,19,20)/t10-,12-/m0/s1. The van der Waals surface area contributed by atoms with Crippen LogP contribution in [0.5, 0.6) is 0 Å². The van der Waals surface area contributed by atoms with Crippen LogP contribution in [0.15, 0.2) is 0 Å². The van der Waals surface area contributed by atoms with Crippen LogP contribution in [0.25, 0.3) is 0 Å². The molecule has 7 nitrogen and oxygen atoms in total. The predicted molar refractivity (Wildman–Crippen MR) is 77.9 cm³/mol. The molecule has 0 aromatic rings. The Labute approximate surface area is 125 Å².